The van der Waals surface area contributed by atoms with Crippen LogP contribution in [-0.4, -0.2) is 19.5 Å². The van der Waals surface area contributed by atoms with Crippen molar-refractivity contribution < 1.29 is 0 Å². The zero-order valence-electron chi connectivity index (χ0n) is 29.5. The zero-order chi connectivity index (χ0) is 36.1. The molecule has 4 heterocycles. The normalized spacial score (nSPS) is 13.2. The van der Waals surface area contributed by atoms with Crippen molar-refractivity contribution in [3.05, 3.63) is 204 Å². The molecule has 0 amide bonds. The SMILES string of the molecule is c1ccc(-c2nc(-n3c4ccccc4c4cnc5c6c(ccc5c43)-c3ccccc3C6(c3ccccc3)c3ccccc3)c3sc4ccccc4c3n2)cc1. The Labute approximate surface area is 320 Å². The maximum absolute atomic E-state index is 5.49. The van der Waals surface area contributed by atoms with Gasteiger partial charge in [-0.25, -0.2) is 9.97 Å². The van der Waals surface area contributed by atoms with Crippen LogP contribution in [-0.2, 0) is 5.41 Å². The molecule has 1 aliphatic rings. The number of thiophene rings is 1. The molecule has 0 saturated heterocycles. The minimum atomic E-state index is -0.584. The van der Waals surface area contributed by atoms with Crippen LogP contribution >= 0.6 is 11.3 Å². The molecule has 12 rings (SSSR count). The molecular weight excluding hydrogens is 689 g/mol. The summed E-state index contributed by atoms with van der Waals surface area (Å²) in [5.41, 5.74) is 11.9. The predicted octanol–water partition coefficient (Wildman–Crippen LogP) is 12.5. The molecule has 1 aliphatic carbocycles. The van der Waals surface area contributed by atoms with Crippen LogP contribution < -0.4 is 0 Å². The van der Waals surface area contributed by atoms with Gasteiger partial charge < -0.3 is 0 Å². The smallest absolute Gasteiger partial charge is 0.162 e. The number of rotatable bonds is 4. The van der Waals surface area contributed by atoms with E-state index in [4.69, 9.17) is 15.0 Å². The second-order valence-electron chi connectivity index (χ2n) is 14.3. The minimum absolute atomic E-state index is 0.584. The molecule has 7 aromatic carbocycles. The van der Waals surface area contributed by atoms with Gasteiger partial charge in [-0.3, -0.25) is 9.55 Å². The lowest BCUT2D eigenvalue weighted by Gasteiger charge is -2.34. The summed E-state index contributed by atoms with van der Waals surface area (Å²) in [6.45, 7) is 0. The van der Waals surface area contributed by atoms with Crippen LogP contribution in [0.15, 0.2) is 182 Å². The molecule has 0 unspecified atom stereocenters. The van der Waals surface area contributed by atoms with Crippen molar-refractivity contribution in [3.63, 3.8) is 0 Å². The van der Waals surface area contributed by atoms with Gasteiger partial charge >= 0.3 is 0 Å². The maximum Gasteiger partial charge on any atom is 0.162 e. The molecule has 5 heteroatoms. The summed E-state index contributed by atoms with van der Waals surface area (Å²) in [6.07, 6.45) is 2.10. The van der Waals surface area contributed by atoms with Crippen molar-refractivity contribution in [1.82, 2.24) is 19.5 Å². The van der Waals surface area contributed by atoms with Gasteiger partial charge in [-0.15, -0.1) is 11.3 Å². The Balaban J connectivity index is 1.27. The molecule has 0 fully saturated rings. The van der Waals surface area contributed by atoms with Crippen LogP contribution in [0.2, 0.25) is 0 Å². The van der Waals surface area contributed by atoms with Gasteiger partial charge in [0.05, 0.1) is 32.2 Å². The molecule has 11 aromatic rings. The first-order valence-corrected chi connectivity index (χ1v) is 19.4. The molecule has 0 atom stereocenters. The number of nitrogens with zero attached hydrogens (tertiary/aromatic N) is 4. The predicted molar refractivity (Wildman–Crippen MR) is 227 cm³/mol. The average molecular weight is 719 g/mol. The van der Waals surface area contributed by atoms with E-state index in [0.717, 1.165) is 59.7 Å². The lowest BCUT2D eigenvalue weighted by atomic mass is 9.67. The Morgan fingerprint density at radius 3 is 1.93 bits per heavy atom. The van der Waals surface area contributed by atoms with E-state index < -0.39 is 5.41 Å². The first-order chi connectivity index (χ1) is 27.3. The van der Waals surface area contributed by atoms with E-state index in [1.807, 2.05) is 6.07 Å². The van der Waals surface area contributed by atoms with Gasteiger partial charge in [0.2, 0.25) is 0 Å². The molecule has 4 nitrogen and oxygen atoms in total. The van der Waals surface area contributed by atoms with Crippen molar-refractivity contribution in [1.29, 1.82) is 0 Å². The van der Waals surface area contributed by atoms with Gasteiger partial charge in [0, 0.05) is 43.6 Å². The molecule has 256 valence electrons. The highest BCUT2D eigenvalue weighted by Crippen LogP contribution is 2.58. The maximum atomic E-state index is 5.49. The summed E-state index contributed by atoms with van der Waals surface area (Å²) in [4.78, 5) is 16.2. The molecular formula is C50H30N4S. The summed E-state index contributed by atoms with van der Waals surface area (Å²) in [7, 11) is 0. The van der Waals surface area contributed by atoms with Gasteiger partial charge in [-0.05, 0) is 39.9 Å². The van der Waals surface area contributed by atoms with E-state index in [9.17, 15) is 0 Å². The van der Waals surface area contributed by atoms with Crippen LogP contribution in [0.25, 0.3) is 81.3 Å². The number of hydrogen-bond donors (Lipinski definition) is 0. The number of fused-ring (bicyclic) bond motifs is 12. The van der Waals surface area contributed by atoms with E-state index in [1.54, 1.807) is 11.3 Å². The van der Waals surface area contributed by atoms with Crippen LogP contribution in [0.3, 0.4) is 0 Å². The van der Waals surface area contributed by atoms with E-state index in [1.165, 1.54) is 38.1 Å². The highest BCUT2D eigenvalue weighted by atomic mass is 32.1. The number of hydrogen-bond acceptors (Lipinski definition) is 4. The fourth-order valence-electron chi connectivity index (χ4n) is 9.30. The van der Waals surface area contributed by atoms with Crippen molar-refractivity contribution in [2.24, 2.45) is 0 Å². The van der Waals surface area contributed by atoms with E-state index >= 15 is 0 Å². The average Bonchev–Trinajstić information content (AvgIpc) is 3.91. The fraction of sp³-hybridized carbons (Fsp3) is 0.0200. The molecule has 4 aromatic heterocycles. The van der Waals surface area contributed by atoms with E-state index in [0.29, 0.717) is 5.82 Å². The second-order valence-corrected chi connectivity index (χ2v) is 15.3. The highest BCUT2D eigenvalue weighted by molar-refractivity contribution is 7.26. The van der Waals surface area contributed by atoms with Crippen molar-refractivity contribution in [3.8, 4) is 28.3 Å². The van der Waals surface area contributed by atoms with Crippen LogP contribution in [0.4, 0.5) is 0 Å². The monoisotopic (exact) mass is 718 g/mol. The van der Waals surface area contributed by atoms with Crippen LogP contribution in [0, 0.1) is 0 Å². The third kappa shape index (κ3) is 4.13. The zero-order valence-corrected chi connectivity index (χ0v) is 30.3. The summed E-state index contributed by atoms with van der Waals surface area (Å²) < 4.78 is 4.64. The first kappa shape index (κ1) is 30.5. The summed E-state index contributed by atoms with van der Waals surface area (Å²) in [6, 6.07) is 63.1. The quantitative estimate of drug-likeness (QED) is 0.182. The number of para-hydroxylation sites is 1. The summed E-state index contributed by atoms with van der Waals surface area (Å²) in [5.74, 6) is 1.59. The van der Waals surface area contributed by atoms with Gasteiger partial charge in [0.15, 0.2) is 11.6 Å². The molecule has 0 radical (unpaired) electrons. The summed E-state index contributed by atoms with van der Waals surface area (Å²) in [5, 5.41) is 4.47. The number of pyridine rings is 1. The number of aromatic nitrogens is 4. The Morgan fingerprint density at radius 2 is 1.15 bits per heavy atom. The molecule has 0 bridgehead atoms. The molecule has 55 heavy (non-hydrogen) atoms. The van der Waals surface area contributed by atoms with Crippen molar-refractivity contribution in [2.45, 2.75) is 5.41 Å². The van der Waals surface area contributed by atoms with E-state index in [2.05, 4.69) is 181 Å². The third-order valence-electron chi connectivity index (χ3n) is 11.5. The number of benzene rings is 7. The van der Waals surface area contributed by atoms with E-state index in [-0.39, 0.29) is 0 Å². The standard InChI is InChI=1S/C50H30N4S/c1-4-16-31(17-5-1)48-52-45-37-24-12-15-27-42(37)55-47(45)49(53-48)54-41-26-14-11-23-35(41)39-30-51-44-38(46(39)54)29-28-36-34-22-10-13-25-40(34)50(43(36)44,32-18-6-2-7-19-32)33-20-8-3-9-21-33/h1-30H. The topological polar surface area (TPSA) is 43.6 Å². The Bertz CT molecular complexity index is 3270. The fourth-order valence-corrected chi connectivity index (χ4v) is 10.4. The molecule has 0 aliphatic heterocycles. The molecule has 0 N–H and O–H groups in total. The van der Waals surface area contributed by atoms with Gasteiger partial charge in [-0.2, -0.15) is 0 Å². The van der Waals surface area contributed by atoms with Gasteiger partial charge in [-0.1, -0.05) is 164 Å². The minimum Gasteiger partial charge on any atom is -0.292 e. The van der Waals surface area contributed by atoms with Crippen LogP contribution in [0.1, 0.15) is 22.3 Å². The second kappa shape index (κ2) is 11.5. The van der Waals surface area contributed by atoms with Gasteiger partial charge in [0.25, 0.3) is 0 Å². The lowest BCUT2D eigenvalue weighted by molar-refractivity contribution is 0.773. The van der Waals surface area contributed by atoms with Crippen molar-refractivity contribution >= 4 is 64.3 Å². The first-order valence-electron chi connectivity index (χ1n) is 18.6. The Morgan fingerprint density at radius 1 is 0.491 bits per heavy atom. The molecule has 0 saturated carbocycles. The van der Waals surface area contributed by atoms with Crippen LogP contribution in [0.5, 0.6) is 0 Å². The third-order valence-corrected chi connectivity index (χ3v) is 12.7. The lowest BCUT2D eigenvalue weighted by Crippen LogP contribution is -2.29. The van der Waals surface area contributed by atoms with Gasteiger partial charge in [0.1, 0.15) is 0 Å². The Hall–Kier alpha value is -6.95. The summed E-state index contributed by atoms with van der Waals surface area (Å²) >= 11 is 1.76. The largest absolute Gasteiger partial charge is 0.292 e. The molecule has 0 spiro atoms. The highest BCUT2D eigenvalue weighted by Gasteiger charge is 2.47. The van der Waals surface area contributed by atoms with Crippen molar-refractivity contribution in [2.75, 3.05) is 0 Å². The Kier molecular flexibility index (Phi) is 6.39.